The highest BCUT2D eigenvalue weighted by Gasteiger charge is 2.12. The lowest BCUT2D eigenvalue weighted by Gasteiger charge is -2.00. The molecule has 0 fully saturated rings. The highest BCUT2D eigenvalue weighted by atomic mass is 32.1. The van der Waals surface area contributed by atoms with Crippen molar-refractivity contribution in [1.29, 1.82) is 0 Å². The van der Waals surface area contributed by atoms with Gasteiger partial charge in [0.15, 0.2) is 0 Å². The Morgan fingerprint density at radius 3 is 2.62 bits per heavy atom. The molecule has 0 atom stereocenters. The van der Waals surface area contributed by atoms with Gasteiger partial charge in [0.05, 0.1) is 19.2 Å². The van der Waals surface area contributed by atoms with Crippen molar-refractivity contribution in [3.05, 3.63) is 76.2 Å². The highest BCUT2D eigenvalue weighted by Crippen LogP contribution is 2.26. The first kappa shape index (κ1) is 19.2. The van der Waals surface area contributed by atoms with Gasteiger partial charge in [-0.05, 0) is 29.8 Å². The Bertz CT molecular complexity index is 1090. The fourth-order valence-corrected chi connectivity index (χ4v) is 4.34. The summed E-state index contributed by atoms with van der Waals surface area (Å²) in [5, 5.41) is 15.2. The van der Waals surface area contributed by atoms with Crippen LogP contribution in [0.5, 0.6) is 5.75 Å². The maximum absolute atomic E-state index is 12.4. The Kier molecular flexibility index (Phi) is 5.92. The van der Waals surface area contributed by atoms with Crippen molar-refractivity contribution < 1.29 is 9.53 Å². The Labute approximate surface area is 176 Å². The number of carbonyl (C=O) groups excluding carboxylic acids is 1. The van der Waals surface area contributed by atoms with Crippen LogP contribution < -0.4 is 10.1 Å². The van der Waals surface area contributed by atoms with Crippen molar-refractivity contribution in [3.63, 3.8) is 0 Å². The van der Waals surface area contributed by atoms with Crippen LogP contribution in [0, 0.1) is 0 Å². The zero-order valence-corrected chi connectivity index (χ0v) is 17.3. The van der Waals surface area contributed by atoms with Crippen LogP contribution in [0.4, 0.5) is 5.13 Å². The molecule has 0 aliphatic heterocycles. The predicted molar refractivity (Wildman–Crippen MR) is 116 cm³/mol. The maximum atomic E-state index is 12.4. The summed E-state index contributed by atoms with van der Waals surface area (Å²) in [4.78, 5) is 16.9. The van der Waals surface area contributed by atoms with Gasteiger partial charge in [-0.1, -0.05) is 41.7 Å². The molecule has 4 aromatic rings. The van der Waals surface area contributed by atoms with Gasteiger partial charge in [0.25, 0.3) is 0 Å². The molecule has 0 spiro atoms. The second-order valence-corrected chi connectivity index (χ2v) is 8.18. The number of aromatic nitrogens is 3. The molecule has 0 aliphatic carbocycles. The molecule has 29 heavy (non-hydrogen) atoms. The van der Waals surface area contributed by atoms with Gasteiger partial charge in [0, 0.05) is 17.4 Å². The zero-order valence-electron chi connectivity index (χ0n) is 15.7. The summed E-state index contributed by atoms with van der Waals surface area (Å²) >= 11 is 2.90. The minimum Gasteiger partial charge on any atom is -0.497 e. The minimum absolute atomic E-state index is 0.154. The SMILES string of the molecule is COc1ccc(-c2nc(CC(=O)Nc3nnc(Cc4ccccc4)s3)cs2)cc1. The predicted octanol–water partition coefficient (Wildman–Crippen LogP) is 4.44. The lowest BCUT2D eigenvalue weighted by molar-refractivity contribution is -0.115. The first-order valence-electron chi connectivity index (χ1n) is 8.94. The zero-order chi connectivity index (χ0) is 20.1. The molecular formula is C21H18N4O2S2. The summed E-state index contributed by atoms with van der Waals surface area (Å²) < 4.78 is 5.17. The van der Waals surface area contributed by atoms with Crippen LogP contribution in [0.3, 0.4) is 0 Å². The van der Waals surface area contributed by atoms with Crippen molar-refractivity contribution in [2.24, 2.45) is 0 Å². The maximum Gasteiger partial charge on any atom is 0.232 e. The van der Waals surface area contributed by atoms with Crippen LogP contribution in [0.1, 0.15) is 16.3 Å². The summed E-state index contributed by atoms with van der Waals surface area (Å²) in [5.74, 6) is 0.646. The van der Waals surface area contributed by atoms with E-state index in [0.29, 0.717) is 11.6 Å². The van der Waals surface area contributed by atoms with Crippen molar-refractivity contribution in [2.75, 3.05) is 12.4 Å². The molecule has 4 rings (SSSR count). The van der Waals surface area contributed by atoms with Gasteiger partial charge < -0.3 is 10.1 Å². The third-order valence-corrected chi connectivity index (χ3v) is 5.92. The summed E-state index contributed by atoms with van der Waals surface area (Å²) in [7, 11) is 1.64. The number of anilines is 1. The number of methoxy groups -OCH3 is 1. The van der Waals surface area contributed by atoms with Crippen molar-refractivity contribution in [3.8, 4) is 16.3 Å². The summed E-state index contributed by atoms with van der Waals surface area (Å²) in [5.41, 5.74) is 2.89. The van der Waals surface area contributed by atoms with Crippen LogP contribution in [0.2, 0.25) is 0 Å². The van der Waals surface area contributed by atoms with Gasteiger partial charge in [-0.3, -0.25) is 4.79 Å². The van der Waals surface area contributed by atoms with Crippen LogP contribution in [0.15, 0.2) is 60.0 Å². The third-order valence-electron chi connectivity index (χ3n) is 4.14. The second-order valence-electron chi connectivity index (χ2n) is 6.26. The average Bonchev–Trinajstić information content (AvgIpc) is 3.38. The van der Waals surface area contributed by atoms with Gasteiger partial charge in [0.1, 0.15) is 15.8 Å². The molecule has 2 aromatic heterocycles. The van der Waals surface area contributed by atoms with E-state index in [2.05, 4.69) is 20.5 Å². The van der Waals surface area contributed by atoms with E-state index in [1.807, 2.05) is 60.0 Å². The van der Waals surface area contributed by atoms with Crippen LogP contribution in [-0.2, 0) is 17.6 Å². The lowest BCUT2D eigenvalue weighted by atomic mass is 10.2. The number of nitrogens with zero attached hydrogens (tertiary/aromatic N) is 3. The largest absolute Gasteiger partial charge is 0.497 e. The Morgan fingerprint density at radius 2 is 1.86 bits per heavy atom. The molecule has 1 N–H and O–H groups in total. The van der Waals surface area contributed by atoms with Gasteiger partial charge in [0.2, 0.25) is 11.0 Å². The molecule has 146 valence electrons. The van der Waals surface area contributed by atoms with E-state index in [9.17, 15) is 4.79 Å². The minimum atomic E-state index is -0.154. The molecule has 6 nitrogen and oxygen atoms in total. The second kappa shape index (κ2) is 8.93. The van der Waals surface area contributed by atoms with Gasteiger partial charge >= 0.3 is 0 Å². The molecule has 0 aliphatic rings. The number of rotatable bonds is 7. The molecule has 0 saturated carbocycles. The number of carbonyl (C=O) groups is 1. The summed E-state index contributed by atoms with van der Waals surface area (Å²) in [6.45, 7) is 0. The average molecular weight is 423 g/mol. The van der Waals surface area contributed by atoms with E-state index in [4.69, 9.17) is 4.74 Å². The molecule has 0 bridgehead atoms. The van der Waals surface area contributed by atoms with Crippen LogP contribution in [-0.4, -0.2) is 28.2 Å². The Hall–Kier alpha value is -3.10. The third kappa shape index (κ3) is 5.04. The Morgan fingerprint density at radius 1 is 1.07 bits per heavy atom. The van der Waals surface area contributed by atoms with E-state index in [1.165, 1.54) is 22.7 Å². The molecule has 0 saturated heterocycles. The topological polar surface area (TPSA) is 77.0 Å². The van der Waals surface area contributed by atoms with Gasteiger partial charge in [-0.2, -0.15) is 0 Å². The van der Waals surface area contributed by atoms with E-state index >= 15 is 0 Å². The lowest BCUT2D eigenvalue weighted by Crippen LogP contribution is -2.14. The molecule has 0 unspecified atom stereocenters. The summed E-state index contributed by atoms with van der Waals surface area (Å²) in [6, 6.07) is 17.8. The van der Waals surface area contributed by atoms with E-state index in [0.717, 1.165) is 32.6 Å². The molecule has 2 aromatic carbocycles. The first-order chi connectivity index (χ1) is 14.2. The fraction of sp³-hybridized carbons (Fsp3) is 0.143. The molecule has 8 heteroatoms. The standard InChI is InChI=1S/C21H18N4O2S2/c1-27-17-9-7-15(8-10-17)20-22-16(13-28-20)12-18(26)23-21-25-24-19(29-21)11-14-5-3-2-4-6-14/h2-10,13H,11-12H2,1H3,(H,23,25,26). The van der Waals surface area contributed by atoms with Crippen molar-refractivity contribution >= 4 is 33.7 Å². The quantitative estimate of drug-likeness (QED) is 0.476. The monoisotopic (exact) mass is 422 g/mol. The van der Waals surface area contributed by atoms with Crippen molar-refractivity contribution in [1.82, 2.24) is 15.2 Å². The van der Waals surface area contributed by atoms with Crippen molar-refractivity contribution in [2.45, 2.75) is 12.8 Å². The number of thiazole rings is 1. The van der Waals surface area contributed by atoms with E-state index < -0.39 is 0 Å². The normalized spacial score (nSPS) is 10.7. The molecule has 1 amide bonds. The highest BCUT2D eigenvalue weighted by molar-refractivity contribution is 7.15. The smallest absolute Gasteiger partial charge is 0.232 e. The van der Waals surface area contributed by atoms with E-state index in [-0.39, 0.29) is 12.3 Å². The fourth-order valence-electron chi connectivity index (χ4n) is 2.73. The number of nitrogens with one attached hydrogen (secondary N) is 1. The molecule has 0 radical (unpaired) electrons. The number of benzene rings is 2. The summed E-state index contributed by atoms with van der Waals surface area (Å²) in [6.07, 6.45) is 0.895. The number of amides is 1. The van der Waals surface area contributed by atoms with Gasteiger partial charge in [-0.25, -0.2) is 4.98 Å². The number of hydrogen-bond acceptors (Lipinski definition) is 7. The Balaban J connectivity index is 1.35. The van der Waals surface area contributed by atoms with Gasteiger partial charge in [-0.15, -0.1) is 21.5 Å². The number of hydrogen-bond donors (Lipinski definition) is 1. The first-order valence-corrected chi connectivity index (χ1v) is 10.6. The number of ether oxygens (including phenoxy) is 1. The molecule has 2 heterocycles. The molecular weight excluding hydrogens is 404 g/mol. The van der Waals surface area contributed by atoms with Crippen LogP contribution >= 0.6 is 22.7 Å². The van der Waals surface area contributed by atoms with Crippen LogP contribution in [0.25, 0.3) is 10.6 Å². The van der Waals surface area contributed by atoms with E-state index in [1.54, 1.807) is 7.11 Å².